The number of rotatable bonds is 4. The summed E-state index contributed by atoms with van der Waals surface area (Å²) in [6, 6.07) is 6.72. The molecular formula is C13H18BrClN6O2. The lowest BCUT2D eigenvalue weighted by molar-refractivity contribution is -0.165. The molecule has 0 saturated carbocycles. The number of anilines is 1. The quantitative estimate of drug-likeness (QED) is 0.701. The molecule has 1 aliphatic heterocycles. The lowest BCUT2D eigenvalue weighted by atomic mass is 10.2. The molecule has 1 aromatic carbocycles. The smallest absolute Gasteiger partial charge is 0.253 e. The average Bonchev–Trinajstić information content (AvgIpc) is 2.39. The minimum Gasteiger partial charge on any atom is -0.368 e. The standard InChI is InChI=1S/C13H17ClN6O2.BrH/c1-13(2)19-11(15)18-12(16)20(13)22-7-10(21)17-9-5-3-8(14)4-6-9;/h3-6H,7H2,1-2H3,(H,17,21)(H4,15,16,18,19);1H. The van der Waals surface area contributed by atoms with Crippen LogP contribution in [0.25, 0.3) is 0 Å². The Morgan fingerprint density at radius 3 is 2.52 bits per heavy atom. The van der Waals surface area contributed by atoms with Gasteiger partial charge in [0.25, 0.3) is 5.91 Å². The second-order valence-electron chi connectivity index (χ2n) is 5.06. The first-order valence-corrected chi connectivity index (χ1v) is 6.84. The Morgan fingerprint density at radius 1 is 1.35 bits per heavy atom. The molecule has 0 bridgehead atoms. The highest BCUT2D eigenvalue weighted by atomic mass is 79.9. The van der Waals surface area contributed by atoms with Crippen LogP contribution in [0.1, 0.15) is 13.8 Å². The van der Waals surface area contributed by atoms with E-state index in [2.05, 4.69) is 15.3 Å². The second-order valence-corrected chi connectivity index (χ2v) is 5.49. The number of carbonyl (C=O) groups is 1. The Morgan fingerprint density at radius 2 is 1.96 bits per heavy atom. The lowest BCUT2D eigenvalue weighted by Gasteiger charge is -2.36. The van der Waals surface area contributed by atoms with Gasteiger partial charge >= 0.3 is 0 Å². The van der Waals surface area contributed by atoms with Gasteiger partial charge in [-0.15, -0.1) is 17.0 Å². The molecule has 0 spiro atoms. The number of carbonyl (C=O) groups excluding carboxylic acids is 1. The number of nitrogens with zero attached hydrogens (tertiary/aromatic N) is 3. The summed E-state index contributed by atoms with van der Waals surface area (Å²) in [7, 11) is 0. The van der Waals surface area contributed by atoms with Gasteiger partial charge in [-0.25, -0.2) is 4.99 Å². The third kappa shape index (κ3) is 5.08. The van der Waals surface area contributed by atoms with Gasteiger partial charge in [0, 0.05) is 10.7 Å². The van der Waals surface area contributed by atoms with E-state index in [0.29, 0.717) is 10.7 Å². The van der Waals surface area contributed by atoms with Gasteiger partial charge in [-0.3, -0.25) is 9.63 Å². The van der Waals surface area contributed by atoms with Crippen molar-refractivity contribution in [1.29, 1.82) is 0 Å². The van der Waals surface area contributed by atoms with Crippen molar-refractivity contribution < 1.29 is 9.63 Å². The van der Waals surface area contributed by atoms with Crippen molar-refractivity contribution in [3.8, 4) is 0 Å². The van der Waals surface area contributed by atoms with Crippen LogP contribution in [0.15, 0.2) is 34.3 Å². The summed E-state index contributed by atoms with van der Waals surface area (Å²) in [5, 5.41) is 4.50. The molecule has 8 nitrogen and oxygen atoms in total. The fourth-order valence-electron chi connectivity index (χ4n) is 1.87. The van der Waals surface area contributed by atoms with E-state index < -0.39 is 5.66 Å². The predicted octanol–water partition coefficient (Wildman–Crippen LogP) is 1.47. The molecule has 5 N–H and O–H groups in total. The number of guanidine groups is 2. The molecule has 0 unspecified atom stereocenters. The van der Waals surface area contributed by atoms with Crippen LogP contribution in [0.4, 0.5) is 5.69 Å². The number of hydrogen-bond acceptors (Lipinski definition) is 7. The van der Waals surface area contributed by atoms with Crippen LogP contribution in [0.3, 0.4) is 0 Å². The van der Waals surface area contributed by atoms with Crippen LogP contribution < -0.4 is 16.8 Å². The molecular weight excluding hydrogens is 388 g/mol. The summed E-state index contributed by atoms with van der Waals surface area (Å²) >= 11 is 5.78. The second kappa shape index (κ2) is 7.62. The van der Waals surface area contributed by atoms with Crippen molar-refractivity contribution >= 4 is 52.1 Å². The Balaban J connectivity index is 0.00000264. The Bertz CT molecular complexity index is 632. The zero-order valence-corrected chi connectivity index (χ0v) is 15.1. The Hall–Kier alpha value is -1.84. The molecule has 0 radical (unpaired) electrons. The third-order valence-corrected chi connectivity index (χ3v) is 3.03. The normalized spacial score (nSPS) is 16.0. The van der Waals surface area contributed by atoms with Gasteiger partial charge in [0.2, 0.25) is 11.9 Å². The SMILES string of the molecule is Br.CC1(C)N=C(N)N=C(N)N1OCC(=O)Nc1ccc(Cl)cc1. The highest BCUT2D eigenvalue weighted by Crippen LogP contribution is 2.19. The summed E-state index contributed by atoms with van der Waals surface area (Å²) in [5.41, 5.74) is 11.0. The van der Waals surface area contributed by atoms with Gasteiger partial charge in [-0.2, -0.15) is 10.1 Å². The van der Waals surface area contributed by atoms with E-state index in [1.807, 2.05) is 0 Å². The van der Waals surface area contributed by atoms with E-state index in [1.54, 1.807) is 38.1 Å². The zero-order chi connectivity index (χ0) is 16.3. The molecule has 23 heavy (non-hydrogen) atoms. The molecule has 0 aromatic heterocycles. The summed E-state index contributed by atoms with van der Waals surface area (Å²) in [6.07, 6.45) is 0. The van der Waals surface area contributed by atoms with Crippen LogP contribution in [-0.2, 0) is 9.63 Å². The highest BCUT2D eigenvalue weighted by Gasteiger charge is 2.33. The molecule has 1 amide bonds. The molecule has 1 aliphatic rings. The largest absolute Gasteiger partial charge is 0.368 e. The highest BCUT2D eigenvalue weighted by molar-refractivity contribution is 8.93. The van der Waals surface area contributed by atoms with Crippen molar-refractivity contribution in [3.63, 3.8) is 0 Å². The number of benzene rings is 1. The van der Waals surface area contributed by atoms with E-state index >= 15 is 0 Å². The zero-order valence-electron chi connectivity index (χ0n) is 12.6. The fraction of sp³-hybridized carbons (Fsp3) is 0.308. The van der Waals surface area contributed by atoms with Crippen molar-refractivity contribution in [2.45, 2.75) is 19.5 Å². The van der Waals surface area contributed by atoms with E-state index in [-0.39, 0.29) is 41.4 Å². The molecule has 0 atom stereocenters. The first-order valence-electron chi connectivity index (χ1n) is 6.46. The van der Waals surface area contributed by atoms with Crippen LogP contribution in [0, 0.1) is 0 Å². The number of hydroxylamine groups is 2. The first kappa shape index (κ1) is 19.2. The van der Waals surface area contributed by atoms with Gasteiger partial charge < -0.3 is 16.8 Å². The summed E-state index contributed by atoms with van der Waals surface area (Å²) in [4.78, 5) is 25.2. The Labute approximate surface area is 149 Å². The molecule has 0 saturated heterocycles. The molecule has 1 heterocycles. The van der Waals surface area contributed by atoms with E-state index in [4.69, 9.17) is 27.9 Å². The van der Waals surface area contributed by atoms with Crippen molar-refractivity contribution in [3.05, 3.63) is 29.3 Å². The number of aliphatic imine (C=N–C) groups is 2. The molecule has 1 aromatic rings. The number of hydrogen-bond donors (Lipinski definition) is 3. The lowest BCUT2D eigenvalue weighted by Crippen LogP contribution is -2.54. The minimum absolute atomic E-state index is 0. The number of amides is 1. The summed E-state index contributed by atoms with van der Waals surface area (Å²) in [6.45, 7) is 3.22. The maximum atomic E-state index is 11.9. The molecule has 0 fully saturated rings. The maximum absolute atomic E-state index is 11.9. The first-order chi connectivity index (χ1) is 10.3. The number of nitrogens with one attached hydrogen (secondary N) is 1. The molecule has 10 heteroatoms. The van der Waals surface area contributed by atoms with Gasteiger partial charge in [-0.05, 0) is 38.1 Å². The van der Waals surface area contributed by atoms with Crippen molar-refractivity contribution in [2.24, 2.45) is 21.5 Å². The third-order valence-electron chi connectivity index (χ3n) is 2.78. The van der Waals surface area contributed by atoms with Crippen LogP contribution >= 0.6 is 28.6 Å². The fourth-order valence-corrected chi connectivity index (χ4v) is 2.00. The van der Waals surface area contributed by atoms with Crippen LogP contribution in [0.5, 0.6) is 0 Å². The summed E-state index contributed by atoms with van der Waals surface area (Å²) in [5.74, 6) is -0.252. The number of halogens is 2. The van der Waals surface area contributed by atoms with Gasteiger partial charge in [0.1, 0.15) is 0 Å². The van der Waals surface area contributed by atoms with Crippen LogP contribution in [0.2, 0.25) is 5.02 Å². The number of nitrogens with two attached hydrogens (primary N) is 2. The molecule has 0 aliphatic carbocycles. The van der Waals surface area contributed by atoms with E-state index in [0.717, 1.165) is 0 Å². The van der Waals surface area contributed by atoms with Gasteiger partial charge in [0.15, 0.2) is 12.3 Å². The summed E-state index contributed by atoms with van der Waals surface area (Å²) < 4.78 is 0. The van der Waals surface area contributed by atoms with Gasteiger partial charge in [-0.1, -0.05) is 11.6 Å². The monoisotopic (exact) mass is 404 g/mol. The van der Waals surface area contributed by atoms with Crippen LogP contribution in [-0.4, -0.2) is 35.2 Å². The van der Waals surface area contributed by atoms with E-state index in [1.165, 1.54) is 5.06 Å². The average molecular weight is 406 g/mol. The van der Waals surface area contributed by atoms with Crippen molar-refractivity contribution in [1.82, 2.24) is 5.06 Å². The van der Waals surface area contributed by atoms with Gasteiger partial charge in [0.05, 0.1) is 0 Å². The van der Waals surface area contributed by atoms with E-state index in [9.17, 15) is 4.79 Å². The minimum atomic E-state index is -0.851. The molecule has 126 valence electrons. The predicted molar refractivity (Wildman–Crippen MR) is 95.5 cm³/mol. The topological polar surface area (TPSA) is 118 Å². The molecule has 2 rings (SSSR count). The van der Waals surface area contributed by atoms with Crippen molar-refractivity contribution in [2.75, 3.05) is 11.9 Å². The maximum Gasteiger partial charge on any atom is 0.253 e. The Kier molecular flexibility index (Phi) is 6.37.